The molecule has 13 rings (SSSR count). The molecular weight excluding hydrogens is 763 g/mol. The van der Waals surface area contributed by atoms with Crippen LogP contribution in [0.1, 0.15) is 0 Å². The van der Waals surface area contributed by atoms with Crippen molar-refractivity contribution in [1.82, 2.24) is 33.6 Å². The molecule has 8 aromatic carbocycles. The van der Waals surface area contributed by atoms with Crippen molar-refractivity contribution in [1.29, 1.82) is 0 Å². The lowest BCUT2D eigenvalue weighted by atomic mass is 10.0. The Kier molecular flexibility index (Phi) is 7.43. The van der Waals surface area contributed by atoms with Crippen molar-refractivity contribution in [3.63, 3.8) is 0 Å². The Morgan fingerprint density at radius 3 is 1.52 bits per heavy atom. The highest BCUT2D eigenvalue weighted by Crippen LogP contribution is 2.41. The van der Waals surface area contributed by atoms with Gasteiger partial charge in [0.2, 0.25) is 0 Å². The molecule has 290 valence electrons. The lowest BCUT2D eigenvalue weighted by molar-refractivity contribution is 0.666. The molecule has 0 aliphatic carbocycles. The molecule has 8 heteroatoms. The van der Waals surface area contributed by atoms with E-state index in [2.05, 4.69) is 135 Å². The third kappa shape index (κ3) is 5.20. The second kappa shape index (κ2) is 13.5. The van der Waals surface area contributed by atoms with Crippen LogP contribution in [0.25, 0.3) is 117 Å². The van der Waals surface area contributed by atoms with Gasteiger partial charge in [-0.25, -0.2) is 19.9 Å². The first-order valence-corrected chi connectivity index (χ1v) is 20.6. The predicted octanol–water partition coefficient (Wildman–Crippen LogP) is 13.2. The van der Waals surface area contributed by atoms with Crippen LogP contribution < -0.4 is 0 Å². The summed E-state index contributed by atoms with van der Waals surface area (Å²) in [5.74, 6) is 1.73. The van der Waals surface area contributed by atoms with Gasteiger partial charge in [0, 0.05) is 33.2 Å². The molecule has 8 nitrogen and oxygen atoms in total. The summed E-state index contributed by atoms with van der Waals surface area (Å²) < 4.78 is 13.5. The standard InChI is InChI=1S/C54H33N7O/c1-4-16-36(17-5-1)59-44-25-13-10-22-39(44)40-32-34(28-30-45(40)59)35-29-31-48-41(33-35)49-51(62-48)50(53-55-42-23-11-14-26-46(42)60(53)37-18-6-2-7-19-37)58-52(57-49)54-56-43-24-12-15-27-47(43)61(54)38-20-8-3-9-21-38/h1-33H. The molecule has 5 heterocycles. The van der Waals surface area contributed by atoms with Gasteiger partial charge in [-0.1, -0.05) is 109 Å². The molecule has 0 N–H and O–H groups in total. The fourth-order valence-electron chi connectivity index (χ4n) is 9.12. The van der Waals surface area contributed by atoms with E-state index in [1.807, 2.05) is 78.9 Å². The molecule has 0 aliphatic rings. The van der Waals surface area contributed by atoms with Gasteiger partial charge in [-0.3, -0.25) is 9.13 Å². The minimum absolute atomic E-state index is 0.461. The second-order valence-corrected chi connectivity index (χ2v) is 15.5. The molecule has 0 spiro atoms. The van der Waals surface area contributed by atoms with Crippen molar-refractivity contribution in [2.24, 2.45) is 0 Å². The van der Waals surface area contributed by atoms with Crippen molar-refractivity contribution >= 4 is 65.9 Å². The van der Waals surface area contributed by atoms with Gasteiger partial charge >= 0.3 is 0 Å². The smallest absolute Gasteiger partial charge is 0.197 e. The van der Waals surface area contributed by atoms with Crippen LogP contribution in [-0.2, 0) is 0 Å². The van der Waals surface area contributed by atoms with Gasteiger partial charge < -0.3 is 8.98 Å². The molecule has 0 saturated heterocycles. The van der Waals surface area contributed by atoms with Crippen LogP contribution in [0.4, 0.5) is 0 Å². The lowest BCUT2D eigenvalue weighted by Gasteiger charge is -2.11. The molecule has 62 heavy (non-hydrogen) atoms. The number of para-hydroxylation sites is 8. The number of fused-ring (bicyclic) bond motifs is 8. The maximum absolute atomic E-state index is 6.85. The second-order valence-electron chi connectivity index (χ2n) is 15.5. The van der Waals surface area contributed by atoms with Crippen LogP contribution in [0.5, 0.6) is 0 Å². The Labute approximate surface area is 354 Å². The minimum Gasteiger partial charge on any atom is -0.452 e. The quantitative estimate of drug-likeness (QED) is 0.167. The summed E-state index contributed by atoms with van der Waals surface area (Å²) in [4.78, 5) is 21.3. The zero-order valence-electron chi connectivity index (χ0n) is 33.1. The van der Waals surface area contributed by atoms with E-state index in [9.17, 15) is 0 Å². The van der Waals surface area contributed by atoms with Crippen molar-refractivity contribution in [3.05, 3.63) is 200 Å². The topological polar surface area (TPSA) is 79.5 Å². The average Bonchev–Trinajstić information content (AvgIpc) is 4.11. The maximum Gasteiger partial charge on any atom is 0.197 e. The zero-order valence-corrected chi connectivity index (χ0v) is 33.1. The van der Waals surface area contributed by atoms with Gasteiger partial charge in [-0.2, -0.15) is 0 Å². The summed E-state index contributed by atoms with van der Waals surface area (Å²) in [6.45, 7) is 0. The van der Waals surface area contributed by atoms with Crippen molar-refractivity contribution in [3.8, 4) is 51.4 Å². The minimum atomic E-state index is 0.461. The number of aromatic nitrogens is 7. The van der Waals surface area contributed by atoms with Crippen LogP contribution in [-0.4, -0.2) is 33.6 Å². The van der Waals surface area contributed by atoms with E-state index in [0.717, 1.165) is 61.2 Å². The normalized spacial score (nSPS) is 11.9. The SMILES string of the molecule is c1ccc(-n2c(-c3nc(-c4nc5ccccc5n4-c4ccccc4)c4oc5ccc(-c6ccc7c(c6)c6ccccc6n7-c6ccccc6)cc5c4n3)nc3ccccc32)cc1. The molecular formula is C54H33N7O. The van der Waals surface area contributed by atoms with E-state index in [1.165, 1.54) is 16.3 Å². The van der Waals surface area contributed by atoms with E-state index in [4.69, 9.17) is 24.4 Å². The summed E-state index contributed by atoms with van der Waals surface area (Å²) in [7, 11) is 0. The van der Waals surface area contributed by atoms with Crippen LogP contribution in [0.2, 0.25) is 0 Å². The number of benzene rings is 8. The molecule has 0 unspecified atom stereocenters. The first kappa shape index (κ1) is 34.3. The van der Waals surface area contributed by atoms with Crippen molar-refractivity contribution < 1.29 is 4.42 Å². The molecule has 0 bridgehead atoms. The first-order valence-electron chi connectivity index (χ1n) is 20.6. The summed E-state index contributed by atoms with van der Waals surface area (Å²) in [5.41, 5.74) is 13.6. The van der Waals surface area contributed by atoms with E-state index >= 15 is 0 Å². The van der Waals surface area contributed by atoms with Gasteiger partial charge in [0.25, 0.3) is 0 Å². The summed E-state index contributed by atoms with van der Waals surface area (Å²) in [5, 5.41) is 3.26. The number of hydrogen-bond donors (Lipinski definition) is 0. The highest BCUT2D eigenvalue weighted by Gasteiger charge is 2.26. The third-order valence-corrected chi connectivity index (χ3v) is 11.9. The van der Waals surface area contributed by atoms with E-state index in [0.29, 0.717) is 39.8 Å². The Balaban J connectivity index is 1.08. The molecule has 0 radical (unpaired) electrons. The maximum atomic E-state index is 6.85. The van der Waals surface area contributed by atoms with E-state index in [1.54, 1.807) is 0 Å². The fraction of sp³-hybridized carbons (Fsp3) is 0. The Morgan fingerprint density at radius 2 is 0.855 bits per heavy atom. The van der Waals surface area contributed by atoms with Gasteiger partial charge in [-0.05, 0) is 102 Å². The number of nitrogens with zero attached hydrogens (tertiary/aromatic N) is 7. The Hall–Kier alpha value is -8.62. The molecule has 0 fully saturated rings. The van der Waals surface area contributed by atoms with Gasteiger partial charge in [0.05, 0.1) is 33.1 Å². The molecule has 0 amide bonds. The van der Waals surface area contributed by atoms with Gasteiger partial charge in [0.1, 0.15) is 11.1 Å². The molecule has 13 aromatic rings. The largest absolute Gasteiger partial charge is 0.452 e. The van der Waals surface area contributed by atoms with Crippen molar-refractivity contribution in [2.45, 2.75) is 0 Å². The molecule has 0 atom stereocenters. The highest BCUT2D eigenvalue weighted by molar-refractivity contribution is 6.12. The molecule has 0 saturated carbocycles. The van der Waals surface area contributed by atoms with Gasteiger partial charge in [-0.15, -0.1) is 0 Å². The first-order chi connectivity index (χ1) is 30.7. The predicted molar refractivity (Wildman–Crippen MR) is 249 cm³/mol. The Bertz CT molecular complexity index is 3860. The summed E-state index contributed by atoms with van der Waals surface area (Å²) in [6, 6.07) is 69.1. The third-order valence-electron chi connectivity index (χ3n) is 11.9. The van der Waals surface area contributed by atoms with Crippen molar-refractivity contribution in [2.75, 3.05) is 0 Å². The van der Waals surface area contributed by atoms with Crippen LogP contribution in [0, 0.1) is 0 Å². The number of rotatable bonds is 6. The van der Waals surface area contributed by atoms with E-state index < -0.39 is 0 Å². The number of furan rings is 1. The molecule has 5 aromatic heterocycles. The van der Waals surface area contributed by atoms with Crippen LogP contribution >= 0.6 is 0 Å². The fourth-order valence-corrected chi connectivity index (χ4v) is 9.12. The Morgan fingerprint density at radius 1 is 0.355 bits per heavy atom. The van der Waals surface area contributed by atoms with Crippen LogP contribution in [0.3, 0.4) is 0 Å². The van der Waals surface area contributed by atoms with Crippen LogP contribution in [0.15, 0.2) is 205 Å². The average molecular weight is 796 g/mol. The van der Waals surface area contributed by atoms with E-state index in [-0.39, 0.29) is 0 Å². The monoisotopic (exact) mass is 795 g/mol. The summed E-state index contributed by atoms with van der Waals surface area (Å²) in [6.07, 6.45) is 0. The number of hydrogen-bond acceptors (Lipinski definition) is 5. The van der Waals surface area contributed by atoms with Gasteiger partial charge in [0.15, 0.2) is 28.8 Å². The lowest BCUT2D eigenvalue weighted by Crippen LogP contribution is -2.04. The number of imidazole rings is 2. The zero-order chi connectivity index (χ0) is 40.7. The molecule has 0 aliphatic heterocycles. The highest BCUT2D eigenvalue weighted by atomic mass is 16.3. The summed E-state index contributed by atoms with van der Waals surface area (Å²) >= 11 is 0.